The van der Waals surface area contributed by atoms with Gasteiger partial charge in [-0.2, -0.15) is 0 Å². The lowest BCUT2D eigenvalue weighted by Crippen LogP contribution is -2.42. The number of aliphatic hydroxyl groups excluding tert-OH is 1. The minimum absolute atomic E-state index is 0.403. The van der Waals surface area contributed by atoms with Gasteiger partial charge >= 0.3 is 23.9 Å². The Hall–Kier alpha value is -2.98. The maximum absolute atomic E-state index is 10.3. The van der Waals surface area contributed by atoms with E-state index in [9.17, 15) is 19.2 Å². The molecule has 24 heavy (non-hydrogen) atoms. The Morgan fingerprint density at radius 1 is 0.875 bits per heavy atom. The van der Waals surface area contributed by atoms with Gasteiger partial charge in [-0.15, -0.1) is 0 Å². The second kappa shape index (κ2) is 9.22. The molecule has 0 saturated carbocycles. The molecule has 0 bridgehead atoms. The third-order valence-electron chi connectivity index (χ3n) is 2.63. The van der Waals surface area contributed by atoms with E-state index in [1.165, 1.54) is 0 Å². The molecule has 0 aliphatic heterocycles. The maximum atomic E-state index is 10.3. The zero-order valence-electron chi connectivity index (χ0n) is 12.2. The van der Waals surface area contributed by atoms with Crippen LogP contribution in [0, 0.1) is 0 Å². The van der Waals surface area contributed by atoms with Gasteiger partial charge in [0, 0.05) is 0 Å². The summed E-state index contributed by atoms with van der Waals surface area (Å²) in [5.41, 5.74) is -2.34. The van der Waals surface area contributed by atoms with Crippen LogP contribution >= 0.6 is 0 Å². The second-order valence-electron chi connectivity index (χ2n) is 4.63. The van der Waals surface area contributed by atoms with Crippen molar-refractivity contribution in [3.05, 3.63) is 35.9 Å². The fourth-order valence-electron chi connectivity index (χ4n) is 1.49. The molecule has 0 saturated heterocycles. The smallest absolute Gasteiger partial charge is 0.337 e. The van der Waals surface area contributed by atoms with Crippen molar-refractivity contribution in [1.29, 1.82) is 0 Å². The highest BCUT2D eigenvalue weighted by Gasteiger charge is 2.40. The zero-order chi connectivity index (χ0) is 18.9. The summed E-state index contributed by atoms with van der Waals surface area (Å²) in [5, 5.41) is 51.2. The van der Waals surface area contributed by atoms with Crippen molar-refractivity contribution in [1.82, 2.24) is 0 Å². The summed E-state index contributed by atoms with van der Waals surface area (Å²) in [6.45, 7) is 0. The third kappa shape index (κ3) is 7.33. The summed E-state index contributed by atoms with van der Waals surface area (Å²) >= 11 is 0. The number of hydrogen-bond donors (Lipinski definition) is 6. The number of hydrogen-bond acceptors (Lipinski definition) is 6. The van der Waals surface area contributed by atoms with Gasteiger partial charge in [0.1, 0.15) is 0 Å². The van der Waals surface area contributed by atoms with Crippen molar-refractivity contribution in [2.75, 3.05) is 0 Å². The van der Waals surface area contributed by atoms with Crippen molar-refractivity contribution in [3.8, 4) is 0 Å². The molecule has 1 aromatic carbocycles. The van der Waals surface area contributed by atoms with Crippen LogP contribution in [-0.4, -0.2) is 60.1 Å². The number of carbonyl (C=O) groups is 4. The van der Waals surface area contributed by atoms with Gasteiger partial charge in [-0.25, -0.2) is 9.59 Å². The summed E-state index contributed by atoms with van der Waals surface area (Å²) in [6.07, 6.45) is -3.69. The largest absolute Gasteiger partial charge is 0.481 e. The predicted molar refractivity (Wildman–Crippen MR) is 76.1 cm³/mol. The standard InChI is InChI=1S/C8H8O3.C6H8O7/c9-7(8(10)11)6-4-2-1-3-5-6;7-3(8)1-6(13,5(11)12)2-4(9)10/h1-5,7,9H,(H,10,11);13H,1-2H2,(H,7,8)(H,9,10)(H,11,12). The SMILES string of the molecule is O=C(O)C(O)c1ccccc1.O=C(O)CC(O)(CC(=O)O)C(=O)O. The average molecular weight is 344 g/mol. The van der Waals surface area contributed by atoms with Crippen LogP contribution in [-0.2, 0) is 19.2 Å². The molecule has 10 nitrogen and oxygen atoms in total. The summed E-state index contributed by atoms with van der Waals surface area (Å²) in [5.74, 6) is -6.24. The molecule has 0 amide bonds. The number of rotatable bonds is 7. The number of carboxylic acid groups (broad SMARTS) is 4. The third-order valence-corrected chi connectivity index (χ3v) is 2.63. The fraction of sp³-hybridized carbons (Fsp3) is 0.286. The lowest BCUT2D eigenvalue weighted by molar-refractivity contribution is -0.170. The highest BCUT2D eigenvalue weighted by molar-refractivity contribution is 5.88. The van der Waals surface area contributed by atoms with E-state index in [0.29, 0.717) is 5.56 Å². The Morgan fingerprint density at radius 3 is 1.58 bits per heavy atom. The molecule has 0 fully saturated rings. The van der Waals surface area contributed by atoms with Gasteiger partial charge in [-0.3, -0.25) is 9.59 Å². The van der Waals surface area contributed by atoms with E-state index >= 15 is 0 Å². The van der Waals surface area contributed by atoms with E-state index in [4.69, 9.17) is 30.6 Å². The van der Waals surface area contributed by atoms with Crippen LogP contribution in [0.3, 0.4) is 0 Å². The van der Waals surface area contributed by atoms with Gasteiger partial charge < -0.3 is 30.6 Å². The first-order valence-electron chi connectivity index (χ1n) is 6.34. The topological polar surface area (TPSA) is 190 Å². The molecule has 0 spiro atoms. The molecular weight excluding hydrogens is 328 g/mol. The Bertz CT molecular complexity index is 579. The number of benzene rings is 1. The Kier molecular flexibility index (Phi) is 8.08. The minimum atomic E-state index is -2.74. The normalized spacial score (nSPS) is 11.6. The molecule has 0 aliphatic carbocycles. The van der Waals surface area contributed by atoms with Crippen LogP contribution in [0.2, 0.25) is 0 Å². The number of carboxylic acids is 4. The van der Waals surface area contributed by atoms with Crippen LogP contribution in [0.5, 0.6) is 0 Å². The first kappa shape index (κ1) is 21.0. The second-order valence-corrected chi connectivity index (χ2v) is 4.63. The Morgan fingerprint density at radius 2 is 1.29 bits per heavy atom. The van der Waals surface area contributed by atoms with Crippen molar-refractivity contribution < 1.29 is 49.8 Å². The van der Waals surface area contributed by atoms with E-state index in [1.54, 1.807) is 30.3 Å². The highest BCUT2D eigenvalue weighted by atomic mass is 16.4. The van der Waals surface area contributed by atoms with E-state index < -0.39 is 48.4 Å². The van der Waals surface area contributed by atoms with E-state index in [2.05, 4.69) is 0 Å². The van der Waals surface area contributed by atoms with Gasteiger partial charge in [-0.05, 0) is 5.56 Å². The van der Waals surface area contributed by atoms with Gasteiger partial charge in [0.25, 0.3) is 0 Å². The lowest BCUT2D eigenvalue weighted by Gasteiger charge is -2.18. The predicted octanol–water partition coefficient (Wildman–Crippen LogP) is -0.444. The highest BCUT2D eigenvalue weighted by Crippen LogP contribution is 2.15. The quantitative estimate of drug-likeness (QED) is 0.378. The zero-order valence-corrected chi connectivity index (χ0v) is 12.2. The van der Waals surface area contributed by atoms with Crippen LogP contribution < -0.4 is 0 Å². The number of aliphatic carboxylic acids is 4. The molecular formula is C14H16O10. The van der Waals surface area contributed by atoms with Gasteiger partial charge in [-0.1, -0.05) is 30.3 Å². The van der Waals surface area contributed by atoms with E-state index in [-0.39, 0.29) is 0 Å². The Labute approximate surface area is 135 Å². The molecule has 0 aliphatic rings. The summed E-state index contributed by atoms with van der Waals surface area (Å²) in [6, 6.07) is 8.26. The maximum Gasteiger partial charge on any atom is 0.337 e. The Balaban J connectivity index is 0.000000446. The molecule has 0 radical (unpaired) electrons. The summed E-state index contributed by atoms with van der Waals surface area (Å²) in [7, 11) is 0. The molecule has 10 heteroatoms. The molecule has 1 atom stereocenters. The van der Waals surface area contributed by atoms with Crippen molar-refractivity contribution >= 4 is 23.9 Å². The minimum Gasteiger partial charge on any atom is -0.481 e. The lowest BCUT2D eigenvalue weighted by atomic mass is 9.96. The molecule has 1 rings (SSSR count). The fourth-order valence-corrected chi connectivity index (χ4v) is 1.49. The monoisotopic (exact) mass is 344 g/mol. The number of aliphatic hydroxyl groups is 2. The van der Waals surface area contributed by atoms with Gasteiger partial charge in [0.15, 0.2) is 11.7 Å². The first-order valence-corrected chi connectivity index (χ1v) is 6.34. The molecule has 0 aromatic heterocycles. The molecule has 1 unspecified atom stereocenters. The van der Waals surface area contributed by atoms with Crippen molar-refractivity contribution in [3.63, 3.8) is 0 Å². The molecule has 0 heterocycles. The van der Waals surface area contributed by atoms with Crippen LogP contribution in [0.4, 0.5) is 0 Å². The summed E-state index contributed by atoms with van der Waals surface area (Å²) in [4.78, 5) is 40.7. The van der Waals surface area contributed by atoms with Crippen LogP contribution in [0.25, 0.3) is 0 Å². The van der Waals surface area contributed by atoms with Gasteiger partial charge in [0.2, 0.25) is 0 Å². The van der Waals surface area contributed by atoms with Crippen molar-refractivity contribution in [2.24, 2.45) is 0 Å². The molecule has 132 valence electrons. The first-order chi connectivity index (χ1) is 11.0. The van der Waals surface area contributed by atoms with E-state index in [0.717, 1.165) is 0 Å². The van der Waals surface area contributed by atoms with Crippen LogP contribution in [0.15, 0.2) is 30.3 Å². The van der Waals surface area contributed by atoms with Crippen LogP contribution in [0.1, 0.15) is 24.5 Å². The van der Waals surface area contributed by atoms with Crippen molar-refractivity contribution in [2.45, 2.75) is 24.5 Å². The van der Waals surface area contributed by atoms with Gasteiger partial charge in [0.05, 0.1) is 12.8 Å². The summed E-state index contributed by atoms with van der Waals surface area (Å²) < 4.78 is 0. The van der Waals surface area contributed by atoms with E-state index in [1.807, 2.05) is 0 Å². The molecule has 1 aromatic rings. The average Bonchev–Trinajstić information content (AvgIpc) is 2.46. The molecule has 6 N–H and O–H groups in total.